The summed E-state index contributed by atoms with van der Waals surface area (Å²) < 4.78 is 5.40. The van der Waals surface area contributed by atoms with E-state index in [-0.39, 0.29) is 0 Å². The van der Waals surface area contributed by atoms with Crippen LogP contribution >= 0.6 is 0 Å². The van der Waals surface area contributed by atoms with Crippen LogP contribution in [0.2, 0.25) is 0 Å². The molecule has 0 aromatic carbocycles. The van der Waals surface area contributed by atoms with Gasteiger partial charge in [0.1, 0.15) is 5.76 Å². The second-order valence-corrected chi connectivity index (χ2v) is 6.07. The zero-order chi connectivity index (χ0) is 13.8. The Morgan fingerprint density at radius 1 is 1.42 bits per heavy atom. The fourth-order valence-corrected chi connectivity index (χ4v) is 3.44. The number of furan rings is 1. The zero-order valence-electron chi connectivity index (χ0n) is 12.6. The number of hydrogen-bond donors (Lipinski definition) is 1. The molecule has 1 heterocycles. The van der Waals surface area contributed by atoms with Crippen molar-refractivity contribution >= 4 is 0 Å². The van der Waals surface area contributed by atoms with Gasteiger partial charge in [-0.1, -0.05) is 19.8 Å². The SMILES string of the molecule is CCC1CCC(CN)C(N(C)Cc2ccoc2C)C1. The Morgan fingerprint density at radius 2 is 2.21 bits per heavy atom. The minimum absolute atomic E-state index is 0.623. The molecule has 3 unspecified atom stereocenters. The van der Waals surface area contributed by atoms with Gasteiger partial charge in [-0.15, -0.1) is 0 Å². The quantitative estimate of drug-likeness (QED) is 0.888. The standard InChI is InChI=1S/C16H28N2O/c1-4-13-5-6-14(10-17)16(9-13)18(3)11-15-7-8-19-12(15)2/h7-8,13-14,16H,4-6,9-11,17H2,1-3H3. The van der Waals surface area contributed by atoms with Crippen molar-refractivity contribution in [2.75, 3.05) is 13.6 Å². The monoisotopic (exact) mass is 264 g/mol. The molecule has 3 heteroatoms. The molecule has 1 aliphatic carbocycles. The molecule has 0 spiro atoms. The first kappa shape index (κ1) is 14.6. The number of aryl methyl sites for hydroxylation is 1. The molecule has 19 heavy (non-hydrogen) atoms. The van der Waals surface area contributed by atoms with Gasteiger partial charge in [0.05, 0.1) is 6.26 Å². The van der Waals surface area contributed by atoms with E-state index in [0.717, 1.165) is 24.8 Å². The van der Waals surface area contributed by atoms with E-state index in [0.29, 0.717) is 12.0 Å². The molecule has 1 aromatic rings. The maximum absolute atomic E-state index is 5.98. The molecule has 1 aromatic heterocycles. The topological polar surface area (TPSA) is 42.4 Å². The lowest BCUT2D eigenvalue weighted by atomic mass is 9.76. The lowest BCUT2D eigenvalue weighted by Crippen LogP contribution is -2.44. The lowest BCUT2D eigenvalue weighted by molar-refractivity contribution is 0.0961. The predicted molar refractivity (Wildman–Crippen MR) is 78.9 cm³/mol. The van der Waals surface area contributed by atoms with Gasteiger partial charge in [0.15, 0.2) is 0 Å². The van der Waals surface area contributed by atoms with Gasteiger partial charge in [0.25, 0.3) is 0 Å². The Bertz CT molecular complexity index is 388. The Morgan fingerprint density at radius 3 is 2.79 bits per heavy atom. The average Bonchev–Trinajstić information content (AvgIpc) is 2.83. The maximum Gasteiger partial charge on any atom is 0.105 e. The summed E-state index contributed by atoms with van der Waals surface area (Å²) in [7, 11) is 2.23. The van der Waals surface area contributed by atoms with Crippen molar-refractivity contribution < 1.29 is 4.42 Å². The zero-order valence-corrected chi connectivity index (χ0v) is 12.6. The summed E-state index contributed by atoms with van der Waals surface area (Å²) in [6.45, 7) is 6.14. The Labute approximate surface area is 117 Å². The van der Waals surface area contributed by atoms with Gasteiger partial charge in [0.2, 0.25) is 0 Å². The third-order valence-corrected chi connectivity index (χ3v) is 4.90. The molecule has 0 saturated heterocycles. The van der Waals surface area contributed by atoms with Gasteiger partial charge in [0, 0.05) is 18.2 Å². The van der Waals surface area contributed by atoms with Gasteiger partial charge in [-0.3, -0.25) is 4.90 Å². The summed E-state index contributed by atoms with van der Waals surface area (Å²) in [5.74, 6) is 2.57. The van der Waals surface area contributed by atoms with Crippen LogP contribution in [0.1, 0.15) is 43.9 Å². The van der Waals surface area contributed by atoms with E-state index in [2.05, 4.69) is 24.9 Å². The molecule has 2 rings (SSSR count). The van der Waals surface area contributed by atoms with E-state index >= 15 is 0 Å². The highest BCUT2D eigenvalue weighted by Gasteiger charge is 2.31. The van der Waals surface area contributed by atoms with E-state index in [1.807, 2.05) is 6.92 Å². The molecule has 0 amide bonds. The van der Waals surface area contributed by atoms with Crippen LogP contribution in [0.25, 0.3) is 0 Å². The van der Waals surface area contributed by atoms with Crippen LogP contribution in [0.15, 0.2) is 16.7 Å². The molecule has 1 fully saturated rings. The second-order valence-electron chi connectivity index (χ2n) is 6.07. The Hall–Kier alpha value is -0.800. The molecule has 0 bridgehead atoms. The highest BCUT2D eigenvalue weighted by molar-refractivity contribution is 5.15. The van der Waals surface area contributed by atoms with Crippen molar-refractivity contribution in [3.63, 3.8) is 0 Å². The van der Waals surface area contributed by atoms with E-state index < -0.39 is 0 Å². The van der Waals surface area contributed by atoms with Gasteiger partial charge in [-0.05, 0) is 51.3 Å². The van der Waals surface area contributed by atoms with Crippen molar-refractivity contribution in [1.29, 1.82) is 0 Å². The summed E-state index contributed by atoms with van der Waals surface area (Å²) in [6, 6.07) is 2.71. The Kier molecular flexibility index (Phi) is 5.06. The number of hydrogen-bond acceptors (Lipinski definition) is 3. The second kappa shape index (κ2) is 6.58. The van der Waals surface area contributed by atoms with Crippen LogP contribution < -0.4 is 5.73 Å². The number of nitrogens with zero attached hydrogens (tertiary/aromatic N) is 1. The molecular formula is C16H28N2O. The van der Waals surface area contributed by atoms with Crippen LogP contribution in [0.5, 0.6) is 0 Å². The van der Waals surface area contributed by atoms with E-state index in [9.17, 15) is 0 Å². The first-order valence-electron chi connectivity index (χ1n) is 7.59. The molecule has 3 nitrogen and oxygen atoms in total. The van der Waals surface area contributed by atoms with Crippen molar-refractivity contribution in [3.8, 4) is 0 Å². The highest BCUT2D eigenvalue weighted by atomic mass is 16.3. The Balaban J connectivity index is 2.02. The first-order valence-corrected chi connectivity index (χ1v) is 7.59. The molecule has 0 aliphatic heterocycles. The summed E-state index contributed by atoms with van der Waals surface area (Å²) in [6.07, 6.45) is 7.02. The van der Waals surface area contributed by atoms with E-state index in [4.69, 9.17) is 10.2 Å². The molecule has 1 saturated carbocycles. The molecule has 0 radical (unpaired) electrons. The van der Waals surface area contributed by atoms with Gasteiger partial charge < -0.3 is 10.2 Å². The summed E-state index contributed by atoms with van der Waals surface area (Å²) in [4.78, 5) is 2.48. The third kappa shape index (κ3) is 3.40. The normalized spacial score (nSPS) is 27.9. The van der Waals surface area contributed by atoms with Crippen molar-refractivity contribution in [3.05, 3.63) is 23.7 Å². The smallest absolute Gasteiger partial charge is 0.105 e. The predicted octanol–water partition coefficient (Wildman–Crippen LogP) is 3.17. The highest BCUT2D eigenvalue weighted by Crippen LogP contribution is 2.33. The minimum atomic E-state index is 0.623. The molecular weight excluding hydrogens is 236 g/mol. The first-order chi connectivity index (χ1) is 9.15. The van der Waals surface area contributed by atoms with Crippen LogP contribution in [-0.2, 0) is 6.54 Å². The number of rotatable bonds is 5. The van der Waals surface area contributed by atoms with Crippen LogP contribution in [0, 0.1) is 18.8 Å². The summed E-state index contributed by atoms with van der Waals surface area (Å²) in [5.41, 5.74) is 7.28. The maximum atomic E-state index is 5.98. The van der Waals surface area contributed by atoms with Crippen LogP contribution in [-0.4, -0.2) is 24.5 Å². The largest absolute Gasteiger partial charge is 0.469 e. The van der Waals surface area contributed by atoms with E-state index in [1.165, 1.54) is 31.2 Å². The van der Waals surface area contributed by atoms with Gasteiger partial charge in [-0.25, -0.2) is 0 Å². The van der Waals surface area contributed by atoms with Crippen molar-refractivity contribution in [1.82, 2.24) is 4.90 Å². The fraction of sp³-hybridized carbons (Fsp3) is 0.750. The molecule has 1 aliphatic rings. The fourth-order valence-electron chi connectivity index (χ4n) is 3.44. The third-order valence-electron chi connectivity index (χ3n) is 4.90. The van der Waals surface area contributed by atoms with Crippen molar-refractivity contribution in [2.24, 2.45) is 17.6 Å². The summed E-state index contributed by atoms with van der Waals surface area (Å²) in [5, 5.41) is 0. The molecule has 108 valence electrons. The van der Waals surface area contributed by atoms with Crippen LogP contribution in [0.4, 0.5) is 0 Å². The number of nitrogens with two attached hydrogens (primary N) is 1. The average molecular weight is 264 g/mol. The van der Waals surface area contributed by atoms with Crippen molar-refractivity contribution in [2.45, 2.75) is 52.1 Å². The minimum Gasteiger partial charge on any atom is -0.469 e. The molecule has 3 atom stereocenters. The van der Waals surface area contributed by atoms with Crippen LogP contribution in [0.3, 0.4) is 0 Å². The van der Waals surface area contributed by atoms with Gasteiger partial charge >= 0.3 is 0 Å². The van der Waals surface area contributed by atoms with E-state index in [1.54, 1.807) is 6.26 Å². The van der Waals surface area contributed by atoms with Gasteiger partial charge in [-0.2, -0.15) is 0 Å². The lowest BCUT2D eigenvalue weighted by Gasteiger charge is -2.40. The summed E-state index contributed by atoms with van der Waals surface area (Å²) >= 11 is 0. The molecule has 2 N–H and O–H groups in total.